The van der Waals surface area contributed by atoms with Gasteiger partial charge in [-0.2, -0.15) is 5.10 Å². The zero-order valence-corrected chi connectivity index (χ0v) is 13.4. The number of rotatable bonds is 3. The van der Waals surface area contributed by atoms with Gasteiger partial charge in [-0.15, -0.1) is 0 Å². The Labute approximate surface area is 132 Å². The molecule has 2 fully saturated rings. The summed E-state index contributed by atoms with van der Waals surface area (Å²) in [4.78, 5) is 12.4. The molecule has 1 aromatic heterocycles. The molecule has 3 aliphatic carbocycles. The molecular weight excluding hydrogens is 274 g/mol. The Bertz CT molecular complexity index is 582. The van der Waals surface area contributed by atoms with Crippen molar-refractivity contribution in [3.63, 3.8) is 0 Å². The first-order valence-electron chi connectivity index (χ1n) is 9.17. The minimum Gasteiger partial charge on any atom is -0.311 e. The van der Waals surface area contributed by atoms with Crippen molar-refractivity contribution < 1.29 is 0 Å². The van der Waals surface area contributed by atoms with Crippen LogP contribution in [0.4, 0.5) is 0 Å². The predicted molar refractivity (Wildman–Crippen MR) is 87.2 cm³/mol. The van der Waals surface area contributed by atoms with Crippen LogP contribution in [0.25, 0.3) is 0 Å². The molecule has 1 heterocycles. The average molecular weight is 301 g/mol. The summed E-state index contributed by atoms with van der Waals surface area (Å²) >= 11 is 0. The maximum Gasteiger partial charge on any atom is 0.267 e. The van der Waals surface area contributed by atoms with Crippen molar-refractivity contribution in [1.82, 2.24) is 15.1 Å². The fraction of sp³-hybridized carbons (Fsp3) is 0.778. The third-order valence-electron chi connectivity index (χ3n) is 5.85. The number of nitrogens with zero attached hydrogens (tertiary/aromatic N) is 2. The van der Waals surface area contributed by atoms with Gasteiger partial charge in [0.2, 0.25) is 0 Å². The number of aromatic nitrogens is 2. The molecule has 1 aromatic rings. The van der Waals surface area contributed by atoms with Gasteiger partial charge in [-0.25, -0.2) is 4.68 Å². The van der Waals surface area contributed by atoms with Crippen molar-refractivity contribution >= 4 is 0 Å². The molecule has 1 N–H and O–H groups in total. The summed E-state index contributed by atoms with van der Waals surface area (Å²) in [7, 11) is 0. The molecule has 120 valence electrons. The smallest absolute Gasteiger partial charge is 0.267 e. The van der Waals surface area contributed by atoms with Crippen molar-refractivity contribution in [1.29, 1.82) is 0 Å². The van der Waals surface area contributed by atoms with Crippen molar-refractivity contribution in [2.24, 2.45) is 0 Å². The Morgan fingerprint density at radius 3 is 2.41 bits per heavy atom. The molecule has 3 aliphatic rings. The summed E-state index contributed by atoms with van der Waals surface area (Å²) in [6, 6.07) is 3.61. The molecule has 0 atom stereocenters. The van der Waals surface area contributed by atoms with E-state index >= 15 is 0 Å². The quantitative estimate of drug-likeness (QED) is 0.934. The van der Waals surface area contributed by atoms with Crippen LogP contribution in [-0.4, -0.2) is 21.9 Å². The SMILES string of the molecule is O=c1cc2c(nn1C1CCC(NC3CCC3)CC1)CCCC2. The average Bonchev–Trinajstić information content (AvgIpc) is 2.51. The molecule has 0 saturated heterocycles. The van der Waals surface area contributed by atoms with Crippen LogP contribution < -0.4 is 10.9 Å². The second-order valence-corrected chi connectivity index (χ2v) is 7.41. The molecule has 2 saturated carbocycles. The largest absolute Gasteiger partial charge is 0.311 e. The molecule has 4 rings (SSSR count). The zero-order valence-electron chi connectivity index (χ0n) is 13.4. The summed E-state index contributed by atoms with van der Waals surface area (Å²) in [5, 5.41) is 8.52. The number of aryl methyl sites for hydroxylation is 2. The molecule has 0 unspecified atom stereocenters. The molecule has 0 aliphatic heterocycles. The van der Waals surface area contributed by atoms with E-state index in [1.54, 1.807) is 0 Å². The lowest BCUT2D eigenvalue weighted by atomic mass is 9.87. The van der Waals surface area contributed by atoms with E-state index in [0.29, 0.717) is 12.1 Å². The lowest BCUT2D eigenvalue weighted by Crippen LogP contribution is -2.44. The van der Waals surface area contributed by atoms with E-state index in [9.17, 15) is 4.79 Å². The normalized spacial score (nSPS) is 28.9. The van der Waals surface area contributed by atoms with Gasteiger partial charge >= 0.3 is 0 Å². The molecule has 0 radical (unpaired) electrons. The van der Waals surface area contributed by atoms with E-state index in [4.69, 9.17) is 5.10 Å². The molecule has 0 bridgehead atoms. The van der Waals surface area contributed by atoms with Gasteiger partial charge in [0.05, 0.1) is 11.7 Å². The maximum atomic E-state index is 12.4. The number of fused-ring (bicyclic) bond motifs is 1. The molecule has 22 heavy (non-hydrogen) atoms. The maximum absolute atomic E-state index is 12.4. The molecule has 4 nitrogen and oxygen atoms in total. The Morgan fingerprint density at radius 1 is 0.955 bits per heavy atom. The summed E-state index contributed by atoms with van der Waals surface area (Å²) in [5.74, 6) is 0. The molecule has 4 heteroatoms. The van der Waals surface area contributed by atoms with Crippen LogP contribution in [0, 0.1) is 0 Å². The monoisotopic (exact) mass is 301 g/mol. The minimum absolute atomic E-state index is 0.121. The molecule has 0 aromatic carbocycles. The van der Waals surface area contributed by atoms with Crippen LogP contribution in [0.5, 0.6) is 0 Å². The van der Waals surface area contributed by atoms with Gasteiger partial charge in [0.25, 0.3) is 5.56 Å². The van der Waals surface area contributed by atoms with Crippen LogP contribution in [0.1, 0.15) is 75.1 Å². The van der Waals surface area contributed by atoms with Gasteiger partial charge in [-0.05, 0) is 69.8 Å². The summed E-state index contributed by atoms with van der Waals surface area (Å²) in [6.07, 6.45) is 13.2. The first-order chi connectivity index (χ1) is 10.8. The third-order valence-corrected chi connectivity index (χ3v) is 5.85. The Balaban J connectivity index is 1.43. The molecule has 0 spiro atoms. The molecule has 0 amide bonds. The van der Waals surface area contributed by atoms with Crippen LogP contribution in [0.2, 0.25) is 0 Å². The van der Waals surface area contributed by atoms with E-state index in [1.165, 1.54) is 56.2 Å². The van der Waals surface area contributed by atoms with E-state index in [1.807, 2.05) is 10.7 Å². The van der Waals surface area contributed by atoms with E-state index in [-0.39, 0.29) is 5.56 Å². The number of nitrogens with one attached hydrogen (secondary N) is 1. The summed E-state index contributed by atoms with van der Waals surface area (Å²) in [6.45, 7) is 0. The van der Waals surface area contributed by atoms with Crippen molar-refractivity contribution in [3.8, 4) is 0 Å². The van der Waals surface area contributed by atoms with Crippen LogP contribution in [-0.2, 0) is 12.8 Å². The Kier molecular flexibility index (Phi) is 4.03. The van der Waals surface area contributed by atoms with E-state index in [0.717, 1.165) is 31.7 Å². The second kappa shape index (κ2) is 6.15. The first-order valence-corrected chi connectivity index (χ1v) is 9.17. The fourth-order valence-corrected chi connectivity index (χ4v) is 4.23. The van der Waals surface area contributed by atoms with Crippen LogP contribution in [0.3, 0.4) is 0 Å². The lowest BCUT2D eigenvalue weighted by molar-refractivity contribution is 0.225. The fourth-order valence-electron chi connectivity index (χ4n) is 4.23. The standard InChI is InChI=1S/C18H27N3O/c22-18-12-13-4-1-2-7-17(13)20-21(18)16-10-8-15(9-11-16)19-14-5-3-6-14/h12,14-16,19H,1-11H2. The summed E-state index contributed by atoms with van der Waals surface area (Å²) in [5.41, 5.74) is 2.50. The molecular formula is C18H27N3O. The van der Waals surface area contributed by atoms with Crippen molar-refractivity contribution in [2.75, 3.05) is 0 Å². The predicted octanol–water partition coefficient (Wildman–Crippen LogP) is 2.75. The van der Waals surface area contributed by atoms with Gasteiger partial charge in [0.15, 0.2) is 0 Å². The van der Waals surface area contributed by atoms with Gasteiger partial charge in [-0.1, -0.05) is 6.42 Å². The third kappa shape index (κ3) is 2.85. The van der Waals surface area contributed by atoms with Gasteiger partial charge in [0, 0.05) is 18.2 Å². The highest BCUT2D eigenvalue weighted by Crippen LogP contribution is 2.29. The topological polar surface area (TPSA) is 46.9 Å². The highest BCUT2D eigenvalue weighted by Gasteiger charge is 2.27. The van der Waals surface area contributed by atoms with Crippen LogP contribution in [0.15, 0.2) is 10.9 Å². The van der Waals surface area contributed by atoms with E-state index in [2.05, 4.69) is 5.32 Å². The summed E-state index contributed by atoms with van der Waals surface area (Å²) < 4.78 is 1.81. The minimum atomic E-state index is 0.121. The van der Waals surface area contributed by atoms with Gasteiger partial charge < -0.3 is 5.32 Å². The zero-order chi connectivity index (χ0) is 14.9. The van der Waals surface area contributed by atoms with Gasteiger partial charge in [-0.3, -0.25) is 4.79 Å². The highest BCUT2D eigenvalue weighted by molar-refractivity contribution is 5.20. The first kappa shape index (κ1) is 14.4. The van der Waals surface area contributed by atoms with E-state index < -0.39 is 0 Å². The lowest BCUT2D eigenvalue weighted by Gasteiger charge is -2.35. The van der Waals surface area contributed by atoms with Gasteiger partial charge in [0.1, 0.15) is 0 Å². The number of hydrogen-bond donors (Lipinski definition) is 1. The highest BCUT2D eigenvalue weighted by atomic mass is 16.1. The second-order valence-electron chi connectivity index (χ2n) is 7.41. The Morgan fingerprint density at radius 2 is 1.68 bits per heavy atom. The van der Waals surface area contributed by atoms with Crippen LogP contribution >= 0.6 is 0 Å². The Hall–Kier alpha value is -1.16. The van der Waals surface area contributed by atoms with Crippen molar-refractivity contribution in [3.05, 3.63) is 27.7 Å². The van der Waals surface area contributed by atoms with Crippen molar-refractivity contribution in [2.45, 2.75) is 88.8 Å². The number of hydrogen-bond acceptors (Lipinski definition) is 3.